The van der Waals surface area contributed by atoms with Gasteiger partial charge in [0.1, 0.15) is 0 Å². The van der Waals surface area contributed by atoms with E-state index in [4.69, 9.17) is 0 Å². The lowest BCUT2D eigenvalue weighted by atomic mass is 9.94. The number of benzene rings is 1. The largest absolute Gasteiger partial charge is 0.371 e. The molecule has 1 fully saturated rings. The summed E-state index contributed by atoms with van der Waals surface area (Å²) in [6, 6.07) is 6.62. The Hall–Kier alpha value is -0.540. The minimum atomic E-state index is 0.842. The molecule has 1 aromatic rings. The summed E-state index contributed by atoms with van der Waals surface area (Å²) in [7, 11) is 2.04. The highest BCUT2D eigenvalue weighted by Crippen LogP contribution is 2.29. The maximum absolute atomic E-state index is 3.54. The quantitative estimate of drug-likeness (QED) is 0.914. The first-order valence-corrected chi connectivity index (χ1v) is 7.65. The van der Waals surface area contributed by atoms with Crippen LogP contribution in [0.15, 0.2) is 22.7 Å². The first-order chi connectivity index (χ1) is 8.70. The van der Waals surface area contributed by atoms with Crippen molar-refractivity contribution in [2.75, 3.05) is 31.6 Å². The van der Waals surface area contributed by atoms with Crippen LogP contribution in [0.3, 0.4) is 0 Å². The lowest BCUT2D eigenvalue weighted by Gasteiger charge is -2.35. The zero-order valence-corrected chi connectivity index (χ0v) is 13.0. The van der Waals surface area contributed by atoms with Gasteiger partial charge in [-0.3, -0.25) is 0 Å². The summed E-state index contributed by atoms with van der Waals surface area (Å²) >= 11 is 3.54. The fourth-order valence-electron chi connectivity index (χ4n) is 2.84. The van der Waals surface area contributed by atoms with Crippen LogP contribution in [0.1, 0.15) is 24.8 Å². The summed E-state index contributed by atoms with van der Waals surface area (Å²) in [6.45, 7) is 5.76. The molecule has 1 heterocycles. The lowest BCUT2D eigenvalue weighted by Crippen LogP contribution is -2.36. The van der Waals surface area contributed by atoms with E-state index in [0.29, 0.717) is 0 Å². The van der Waals surface area contributed by atoms with Crippen molar-refractivity contribution in [1.29, 1.82) is 0 Å². The first-order valence-electron chi connectivity index (χ1n) is 6.86. The second-order valence-corrected chi connectivity index (χ2v) is 6.19. The SMILES string of the molecule is CNCCC1CCCN(c2ccc(Br)cc2C)C1. The second kappa shape index (κ2) is 6.58. The Bertz CT molecular complexity index is 392. The maximum Gasteiger partial charge on any atom is 0.0396 e. The van der Waals surface area contributed by atoms with Crippen LogP contribution in [0.4, 0.5) is 5.69 Å². The topological polar surface area (TPSA) is 15.3 Å². The van der Waals surface area contributed by atoms with E-state index in [0.717, 1.165) is 12.5 Å². The number of nitrogens with zero attached hydrogens (tertiary/aromatic N) is 1. The van der Waals surface area contributed by atoms with Crippen molar-refractivity contribution in [3.63, 3.8) is 0 Å². The van der Waals surface area contributed by atoms with Crippen LogP contribution in [0.5, 0.6) is 0 Å². The summed E-state index contributed by atoms with van der Waals surface area (Å²) < 4.78 is 1.17. The average molecular weight is 311 g/mol. The summed E-state index contributed by atoms with van der Waals surface area (Å²) in [6.07, 6.45) is 4.00. The van der Waals surface area contributed by atoms with Gasteiger partial charge in [0.25, 0.3) is 0 Å². The van der Waals surface area contributed by atoms with Crippen molar-refractivity contribution in [2.45, 2.75) is 26.2 Å². The zero-order valence-electron chi connectivity index (χ0n) is 11.4. The third kappa shape index (κ3) is 3.48. The Morgan fingerprint density at radius 2 is 2.28 bits per heavy atom. The van der Waals surface area contributed by atoms with Crippen LogP contribution in [-0.2, 0) is 0 Å². The average Bonchev–Trinajstić information content (AvgIpc) is 2.36. The molecule has 0 amide bonds. The van der Waals surface area contributed by atoms with Crippen molar-refractivity contribution >= 4 is 21.6 Å². The molecule has 1 aromatic carbocycles. The van der Waals surface area contributed by atoms with E-state index in [2.05, 4.69) is 51.3 Å². The molecule has 2 nitrogen and oxygen atoms in total. The van der Waals surface area contributed by atoms with E-state index in [-0.39, 0.29) is 0 Å². The molecule has 1 aliphatic heterocycles. The van der Waals surface area contributed by atoms with E-state index in [1.807, 2.05) is 7.05 Å². The standard InChI is InChI=1S/C15H23BrN2/c1-12-10-14(16)5-6-15(12)18-9-3-4-13(11-18)7-8-17-2/h5-6,10,13,17H,3-4,7-9,11H2,1-2H3. The lowest BCUT2D eigenvalue weighted by molar-refractivity contribution is 0.387. The van der Waals surface area contributed by atoms with Gasteiger partial charge in [-0.2, -0.15) is 0 Å². The van der Waals surface area contributed by atoms with Gasteiger partial charge in [-0.15, -0.1) is 0 Å². The fourth-order valence-corrected chi connectivity index (χ4v) is 3.32. The summed E-state index contributed by atoms with van der Waals surface area (Å²) in [5.41, 5.74) is 2.78. The summed E-state index contributed by atoms with van der Waals surface area (Å²) in [4.78, 5) is 2.56. The highest BCUT2D eigenvalue weighted by atomic mass is 79.9. The van der Waals surface area contributed by atoms with E-state index >= 15 is 0 Å². The van der Waals surface area contributed by atoms with Gasteiger partial charge in [0.15, 0.2) is 0 Å². The van der Waals surface area contributed by atoms with Crippen molar-refractivity contribution < 1.29 is 0 Å². The van der Waals surface area contributed by atoms with Crippen molar-refractivity contribution in [3.8, 4) is 0 Å². The number of anilines is 1. The Kier molecular flexibility index (Phi) is 5.07. The second-order valence-electron chi connectivity index (χ2n) is 5.28. The van der Waals surface area contributed by atoms with Gasteiger partial charge in [0.05, 0.1) is 0 Å². The molecule has 1 atom stereocenters. The molecule has 0 aliphatic carbocycles. The molecule has 0 radical (unpaired) electrons. The monoisotopic (exact) mass is 310 g/mol. The minimum Gasteiger partial charge on any atom is -0.371 e. The van der Waals surface area contributed by atoms with Gasteiger partial charge >= 0.3 is 0 Å². The molecule has 0 aromatic heterocycles. The third-order valence-electron chi connectivity index (χ3n) is 3.82. The van der Waals surface area contributed by atoms with Gasteiger partial charge in [-0.25, -0.2) is 0 Å². The molecular weight excluding hydrogens is 288 g/mol. The number of aryl methyl sites for hydroxylation is 1. The highest BCUT2D eigenvalue weighted by molar-refractivity contribution is 9.10. The molecule has 1 unspecified atom stereocenters. The number of halogens is 1. The molecular formula is C15H23BrN2. The van der Waals surface area contributed by atoms with Crippen LogP contribution in [0.25, 0.3) is 0 Å². The van der Waals surface area contributed by atoms with Crippen LogP contribution in [0, 0.1) is 12.8 Å². The van der Waals surface area contributed by atoms with E-state index in [1.54, 1.807) is 0 Å². The molecule has 3 heteroatoms. The summed E-state index contributed by atoms with van der Waals surface area (Å²) in [5, 5.41) is 3.26. The van der Waals surface area contributed by atoms with E-state index in [9.17, 15) is 0 Å². The van der Waals surface area contributed by atoms with Gasteiger partial charge < -0.3 is 10.2 Å². The van der Waals surface area contributed by atoms with Crippen molar-refractivity contribution in [2.24, 2.45) is 5.92 Å². The molecule has 18 heavy (non-hydrogen) atoms. The van der Waals surface area contributed by atoms with Gasteiger partial charge in [-0.05, 0) is 69.5 Å². The van der Waals surface area contributed by atoms with Gasteiger partial charge in [-0.1, -0.05) is 15.9 Å². The Labute approximate surface area is 119 Å². The number of nitrogens with one attached hydrogen (secondary N) is 1. The highest BCUT2D eigenvalue weighted by Gasteiger charge is 2.20. The van der Waals surface area contributed by atoms with Crippen LogP contribution in [-0.4, -0.2) is 26.7 Å². The summed E-state index contributed by atoms with van der Waals surface area (Å²) in [5.74, 6) is 0.842. The minimum absolute atomic E-state index is 0.842. The maximum atomic E-state index is 3.54. The fraction of sp³-hybridized carbons (Fsp3) is 0.600. The predicted molar refractivity (Wildman–Crippen MR) is 82.4 cm³/mol. The van der Waals surface area contributed by atoms with E-state index in [1.165, 1.54) is 48.1 Å². The smallest absolute Gasteiger partial charge is 0.0396 e. The molecule has 0 saturated carbocycles. The number of hydrogen-bond acceptors (Lipinski definition) is 2. The molecule has 1 N–H and O–H groups in total. The molecule has 0 bridgehead atoms. The number of piperidine rings is 1. The van der Waals surface area contributed by atoms with Gasteiger partial charge in [0, 0.05) is 23.2 Å². The third-order valence-corrected chi connectivity index (χ3v) is 4.31. The van der Waals surface area contributed by atoms with Crippen LogP contribution >= 0.6 is 15.9 Å². The molecule has 1 aliphatic rings. The first kappa shape index (κ1) is 13.9. The number of rotatable bonds is 4. The number of hydrogen-bond donors (Lipinski definition) is 1. The molecule has 2 rings (SSSR count). The Morgan fingerprint density at radius 3 is 3.00 bits per heavy atom. The normalized spacial score (nSPS) is 20.2. The van der Waals surface area contributed by atoms with E-state index < -0.39 is 0 Å². The zero-order chi connectivity index (χ0) is 13.0. The van der Waals surface area contributed by atoms with Crippen LogP contribution in [0.2, 0.25) is 0 Å². The van der Waals surface area contributed by atoms with Crippen LogP contribution < -0.4 is 10.2 Å². The predicted octanol–water partition coefficient (Wildman–Crippen LogP) is 3.58. The van der Waals surface area contributed by atoms with Gasteiger partial charge in [0.2, 0.25) is 0 Å². The Morgan fingerprint density at radius 1 is 1.44 bits per heavy atom. The molecule has 100 valence electrons. The molecule has 1 saturated heterocycles. The van der Waals surface area contributed by atoms with Crippen molar-refractivity contribution in [3.05, 3.63) is 28.2 Å². The molecule has 0 spiro atoms. The van der Waals surface area contributed by atoms with Crippen molar-refractivity contribution in [1.82, 2.24) is 5.32 Å². The Balaban J connectivity index is 2.03.